The van der Waals surface area contributed by atoms with E-state index in [0.29, 0.717) is 34.4 Å². The summed E-state index contributed by atoms with van der Waals surface area (Å²) >= 11 is 6.03. The van der Waals surface area contributed by atoms with Crippen LogP contribution in [0.15, 0.2) is 60.8 Å². The van der Waals surface area contributed by atoms with Gasteiger partial charge in [0.1, 0.15) is 11.6 Å². The molecule has 2 N–H and O–H groups in total. The number of amides is 1. The molecule has 138 valence electrons. The minimum Gasteiger partial charge on any atom is -0.495 e. The summed E-state index contributed by atoms with van der Waals surface area (Å²) in [6, 6.07) is 16.7. The van der Waals surface area contributed by atoms with E-state index in [4.69, 9.17) is 16.3 Å². The summed E-state index contributed by atoms with van der Waals surface area (Å²) in [5, 5.41) is 6.65. The Hall–Kier alpha value is -3.05. The second-order valence-corrected chi connectivity index (χ2v) is 6.45. The van der Waals surface area contributed by atoms with Gasteiger partial charge in [0.05, 0.1) is 18.4 Å². The third-order valence-electron chi connectivity index (χ3n) is 4.15. The van der Waals surface area contributed by atoms with Crippen LogP contribution in [0.5, 0.6) is 5.75 Å². The fourth-order valence-corrected chi connectivity index (χ4v) is 2.78. The first-order valence-corrected chi connectivity index (χ1v) is 8.84. The van der Waals surface area contributed by atoms with Gasteiger partial charge in [-0.25, -0.2) is 4.98 Å². The van der Waals surface area contributed by atoms with Crippen molar-refractivity contribution in [2.75, 3.05) is 12.4 Å². The van der Waals surface area contributed by atoms with Gasteiger partial charge in [0.25, 0.3) is 5.91 Å². The number of pyridine rings is 1. The van der Waals surface area contributed by atoms with Crippen LogP contribution in [0.4, 0.5) is 11.5 Å². The summed E-state index contributed by atoms with van der Waals surface area (Å²) in [6.07, 6.45) is 1.53. The highest BCUT2D eigenvalue weighted by molar-refractivity contribution is 6.31. The monoisotopic (exact) mass is 381 g/mol. The molecule has 0 saturated heterocycles. The highest BCUT2D eigenvalue weighted by Crippen LogP contribution is 2.29. The summed E-state index contributed by atoms with van der Waals surface area (Å²) < 4.78 is 5.31. The first kappa shape index (κ1) is 18.7. The number of ether oxygens (including phenoxy) is 1. The first-order chi connectivity index (χ1) is 13.1. The number of hydrogen-bond acceptors (Lipinski definition) is 4. The normalized spacial score (nSPS) is 10.3. The fourth-order valence-electron chi connectivity index (χ4n) is 2.60. The number of hydrogen-bond donors (Lipinski definition) is 2. The van der Waals surface area contributed by atoms with Crippen LogP contribution < -0.4 is 15.4 Å². The van der Waals surface area contributed by atoms with Crippen LogP contribution in [0.2, 0.25) is 5.02 Å². The van der Waals surface area contributed by atoms with Crippen molar-refractivity contribution in [2.24, 2.45) is 0 Å². The molecule has 1 aromatic heterocycles. The fraction of sp³-hybridized carbons (Fsp3) is 0.143. The third-order valence-corrected chi connectivity index (χ3v) is 4.39. The molecule has 6 heteroatoms. The average molecular weight is 382 g/mol. The lowest BCUT2D eigenvalue weighted by atomic mass is 10.1. The van der Waals surface area contributed by atoms with Gasteiger partial charge >= 0.3 is 0 Å². The molecule has 0 spiro atoms. The molecule has 0 saturated carbocycles. The van der Waals surface area contributed by atoms with Gasteiger partial charge in [0, 0.05) is 17.8 Å². The van der Waals surface area contributed by atoms with Gasteiger partial charge in [-0.05, 0) is 48.4 Å². The third kappa shape index (κ3) is 4.77. The summed E-state index contributed by atoms with van der Waals surface area (Å²) in [7, 11) is 1.59. The number of carbonyl (C=O) groups is 1. The van der Waals surface area contributed by atoms with Crippen LogP contribution >= 0.6 is 11.6 Å². The van der Waals surface area contributed by atoms with Crippen LogP contribution in [0.1, 0.15) is 21.5 Å². The number of benzene rings is 2. The smallest absolute Gasteiger partial charge is 0.253 e. The van der Waals surface area contributed by atoms with E-state index in [1.807, 2.05) is 31.2 Å². The molecule has 0 bridgehead atoms. The molecule has 0 aliphatic rings. The Kier molecular flexibility index (Phi) is 5.94. The number of carbonyl (C=O) groups excluding carboxylic acids is 1. The van der Waals surface area contributed by atoms with Crippen molar-refractivity contribution >= 4 is 29.0 Å². The van der Waals surface area contributed by atoms with Crippen molar-refractivity contribution in [3.8, 4) is 5.75 Å². The SMILES string of the molecule is COc1ccc(Cl)cc1Nc1ccc(C(=O)NCc2ccccc2C)cn1. The van der Waals surface area contributed by atoms with Gasteiger partial charge in [-0.3, -0.25) is 4.79 Å². The molecule has 1 amide bonds. The predicted molar refractivity (Wildman–Crippen MR) is 108 cm³/mol. The molecule has 0 radical (unpaired) electrons. The zero-order valence-electron chi connectivity index (χ0n) is 15.1. The number of halogens is 1. The largest absolute Gasteiger partial charge is 0.495 e. The van der Waals surface area contributed by atoms with Gasteiger partial charge in [-0.2, -0.15) is 0 Å². The zero-order chi connectivity index (χ0) is 19.2. The van der Waals surface area contributed by atoms with Gasteiger partial charge in [0.2, 0.25) is 0 Å². The molecule has 0 atom stereocenters. The highest BCUT2D eigenvalue weighted by atomic mass is 35.5. The first-order valence-electron chi connectivity index (χ1n) is 8.46. The topological polar surface area (TPSA) is 63.2 Å². The number of nitrogens with one attached hydrogen (secondary N) is 2. The maximum absolute atomic E-state index is 12.3. The lowest BCUT2D eigenvalue weighted by Crippen LogP contribution is -2.23. The number of aromatic nitrogens is 1. The van der Waals surface area contributed by atoms with Crippen molar-refractivity contribution in [1.82, 2.24) is 10.3 Å². The summed E-state index contributed by atoms with van der Waals surface area (Å²) in [4.78, 5) is 16.6. The van der Waals surface area contributed by atoms with Gasteiger partial charge < -0.3 is 15.4 Å². The summed E-state index contributed by atoms with van der Waals surface area (Å²) in [5.41, 5.74) is 3.43. The van der Waals surface area contributed by atoms with Crippen molar-refractivity contribution in [1.29, 1.82) is 0 Å². The molecule has 0 fully saturated rings. The quantitative estimate of drug-likeness (QED) is 0.648. The number of rotatable bonds is 6. The minimum absolute atomic E-state index is 0.169. The van der Waals surface area contributed by atoms with Crippen LogP contribution in [0.3, 0.4) is 0 Å². The van der Waals surface area contributed by atoms with E-state index in [9.17, 15) is 4.79 Å². The Labute approximate surface area is 163 Å². The Morgan fingerprint density at radius 3 is 2.67 bits per heavy atom. The molecule has 27 heavy (non-hydrogen) atoms. The van der Waals surface area contributed by atoms with E-state index >= 15 is 0 Å². The van der Waals surface area contributed by atoms with E-state index in [1.165, 1.54) is 6.20 Å². The van der Waals surface area contributed by atoms with Crippen LogP contribution in [-0.2, 0) is 6.54 Å². The maximum atomic E-state index is 12.3. The van der Waals surface area contributed by atoms with Gasteiger partial charge in [-0.1, -0.05) is 35.9 Å². The van der Waals surface area contributed by atoms with Crippen molar-refractivity contribution in [3.05, 3.63) is 82.5 Å². The molecular formula is C21H20ClN3O2. The standard InChI is InChI=1S/C21H20ClN3O2/c1-14-5-3-4-6-15(14)12-24-21(26)16-7-10-20(23-13-16)25-18-11-17(22)8-9-19(18)27-2/h3-11,13H,12H2,1-2H3,(H,23,25)(H,24,26). The summed E-state index contributed by atoms with van der Waals surface area (Å²) in [6.45, 7) is 2.50. The van der Waals surface area contributed by atoms with E-state index in [2.05, 4.69) is 15.6 Å². The average Bonchev–Trinajstić information content (AvgIpc) is 2.68. The minimum atomic E-state index is -0.169. The Morgan fingerprint density at radius 1 is 1.15 bits per heavy atom. The van der Waals surface area contributed by atoms with E-state index in [0.717, 1.165) is 11.1 Å². The predicted octanol–water partition coefficient (Wildman–Crippen LogP) is 4.73. The number of methoxy groups -OCH3 is 1. The zero-order valence-corrected chi connectivity index (χ0v) is 15.9. The Bertz CT molecular complexity index is 942. The second-order valence-electron chi connectivity index (χ2n) is 6.01. The second kappa shape index (κ2) is 8.56. The van der Waals surface area contributed by atoms with Gasteiger partial charge in [0.15, 0.2) is 0 Å². The Morgan fingerprint density at radius 2 is 1.96 bits per heavy atom. The van der Waals surface area contributed by atoms with Crippen LogP contribution in [-0.4, -0.2) is 18.0 Å². The lowest BCUT2D eigenvalue weighted by Gasteiger charge is -2.11. The van der Waals surface area contributed by atoms with Crippen LogP contribution in [0.25, 0.3) is 0 Å². The van der Waals surface area contributed by atoms with Crippen molar-refractivity contribution in [3.63, 3.8) is 0 Å². The number of anilines is 2. The number of nitrogens with zero attached hydrogens (tertiary/aromatic N) is 1. The van der Waals surface area contributed by atoms with E-state index in [-0.39, 0.29) is 5.91 Å². The summed E-state index contributed by atoms with van der Waals surface area (Å²) in [5.74, 6) is 1.07. The Balaban J connectivity index is 1.65. The molecule has 0 aliphatic carbocycles. The van der Waals surface area contributed by atoms with Crippen molar-refractivity contribution < 1.29 is 9.53 Å². The molecule has 3 rings (SSSR count). The molecule has 0 aliphatic heterocycles. The van der Waals surface area contributed by atoms with E-state index in [1.54, 1.807) is 37.4 Å². The highest BCUT2D eigenvalue weighted by Gasteiger charge is 2.09. The molecular weight excluding hydrogens is 362 g/mol. The maximum Gasteiger partial charge on any atom is 0.253 e. The van der Waals surface area contributed by atoms with E-state index < -0.39 is 0 Å². The van der Waals surface area contributed by atoms with Crippen LogP contribution in [0, 0.1) is 6.92 Å². The molecule has 2 aromatic carbocycles. The van der Waals surface area contributed by atoms with Gasteiger partial charge in [-0.15, -0.1) is 0 Å². The molecule has 5 nitrogen and oxygen atoms in total. The molecule has 0 unspecified atom stereocenters. The van der Waals surface area contributed by atoms with Crippen molar-refractivity contribution in [2.45, 2.75) is 13.5 Å². The lowest BCUT2D eigenvalue weighted by molar-refractivity contribution is 0.0950. The molecule has 3 aromatic rings. The number of aryl methyl sites for hydroxylation is 1. The molecule has 1 heterocycles.